The Kier molecular flexibility index (Phi) is 5.63. The summed E-state index contributed by atoms with van der Waals surface area (Å²) in [6.45, 7) is 14.7. The molecule has 0 nitrogen and oxygen atoms in total. The topological polar surface area (TPSA) is 0 Å². The Bertz CT molecular complexity index is 945. The summed E-state index contributed by atoms with van der Waals surface area (Å²) in [5.41, 5.74) is 10.2. The Morgan fingerprint density at radius 3 is 1.41 bits per heavy atom. The highest BCUT2D eigenvalue weighted by molar-refractivity contribution is 9.10. The molecule has 2 aliphatic rings. The molecule has 0 saturated heterocycles. The zero-order valence-electron chi connectivity index (χ0n) is 18.2. The number of hydrogen-bond donors (Lipinski definition) is 0. The number of benzene rings is 2. The zero-order valence-corrected chi connectivity index (χ0v) is 22.4. The molecule has 2 aromatic carbocycles. The first kappa shape index (κ1) is 21.3. The third-order valence-electron chi connectivity index (χ3n) is 6.91. The summed E-state index contributed by atoms with van der Waals surface area (Å²) in [6, 6.07) is 13.6. The third-order valence-corrected chi connectivity index (χ3v) is 12.6. The molecule has 152 valence electrons. The van der Waals surface area contributed by atoms with Crippen LogP contribution in [0, 0.1) is 11.8 Å². The van der Waals surface area contributed by atoms with Crippen LogP contribution in [0.25, 0.3) is 12.2 Å². The van der Waals surface area contributed by atoms with E-state index in [1.807, 2.05) is 0 Å². The van der Waals surface area contributed by atoms with Crippen molar-refractivity contribution in [3.05, 3.63) is 78.7 Å². The molecule has 0 heterocycles. The van der Waals surface area contributed by atoms with Crippen LogP contribution < -0.4 is 0 Å². The first-order valence-electron chi connectivity index (χ1n) is 10.6. The van der Waals surface area contributed by atoms with E-state index in [1.165, 1.54) is 31.2 Å². The summed E-state index contributed by atoms with van der Waals surface area (Å²) in [6.07, 6.45) is 4.97. The number of allylic oxidation sites excluding steroid dienone is 2. The van der Waals surface area contributed by atoms with E-state index in [-0.39, 0.29) is 0 Å². The van der Waals surface area contributed by atoms with Gasteiger partial charge in [0.05, 0.1) is 8.07 Å². The van der Waals surface area contributed by atoms with Crippen molar-refractivity contribution in [2.45, 2.75) is 51.9 Å². The van der Waals surface area contributed by atoms with E-state index in [9.17, 15) is 0 Å². The lowest BCUT2D eigenvalue weighted by molar-refractivity contribution is 0.709. The minimum absolute atomic E-state index is 0.548. The summed E-state index contributed by atoms with van der Waals surface area (Å²) in [5.74, 6) is 1.11. The SMILES string of the molecule is CC(C)C1=Cc2c(Br)cccc2C1[Si](C)(C)C1C(C(C)C)=Cc2c(Br)cccc21. The second-order valence-electron chi connectivity index (χ2n) is 9.77. The highest BCUT2D eigenvalue weighted by atomic mass is 79.9. The normalized spacial score (nSPS) is 20.8. The van der Waals surface area contributed by atoms with E-state index in [4.69, 9.17) is 0 Å². The quantitative estimate of drug-likeness (QED) is 0.346. The molecule has 29 heavy (non-hydrogen) atoms. The second-order valence-corrected chi connectivity index (χ2v) is 16.3. The van der Waals surface area contributed by atoms with Gasteiger partial charge in [0.15, 0.2) is 0 Å². The molecule has 0 saturated carbocycles. The molecule has 0 radical (unpaired) electrons. The van der Waals surface area contributed by atoms with Gasteiger partial charge in [0.25, 0.3) is 0 Å². The number of halogens is 2. The predicted octanol–water partition coefficient (Wildman–Crippen LogP) is 8.97. The van der Waals surface area contributed by atoms with Crippen LogP contribution in [-0.2, 0) is 0 Å². The number of fused-ring (bicyclic) bond motifs is 2. The van der Waals surface area contributed by atoms with E-state index in [1.54, 1.807) is 11.1 Å². The zero-order chi connectivity index (χ0) is 21.1. The van der Waals surface area contributed by atoms with Crippen molar-refractivity contribution in [2.75, 3.05) is 0 Å². The van der Waals surface area contributed by atoms with Gasteiger partial charge < -0.3 is 0 Å². The van der Waals surface area contributed by atoms with Crippen molar-refractivity contribution >= 4 is 52.1 Å². The van der Waals surface area contributed by atoms with Crippen LogP contribution in [0.15, 0.2) is 56.5 Å². The average molecular weight is 530 g/mol. The lowest BCUT2D eigenvalue weighted by Crippen LogP contribution is -2.44. The van der Waals surface area contributed by atoms with Crippen LogP contribution >= 0.6 is 31.9 Å². The Morgan fingerprint density at radius 2 is 1.07 bits per heavy atom. The summed E-state index contributed by atoms with van der Waals surface area (Å²) < 4.78 is 2.46. The van der Waals surface area contributed by atoms with Crippen LogP contribution in [0.4, 0.5) is 0 Å². The largest absolute Gasteiger partial charge is 0.0722 e. The van der Waals surface area contributed by atoms with Crippen molar-refractivity contribution in [1.29, 1.82) is 0 Å². The summed E-state index contributed by atoms with van der Waals surface area (Å²) in [7, 11) is -1.82. The highest BCUT2D eigenvalue weighted by Crippen LogP contribution is 2.56. The fourth-order valence-electron chi connectivity index (χ4n) is 5.60. The maximum Gasteiger partial charge on any atom is 0.0722 e. The van der Waals surface area contributed by atoms with Gasteiger partial charge in [-0.05, 0) is 46.2 Å². The van der Waals surface area contributed by atoms with Crippen LogP contribution in [-0.4, -0.2) is 8.07 Å². The first-order chi connectivity index (χ1) is 13.6. The molecule has 3 heteroatoms. The lowest BCUT2D eigenvalue weighted by atomic mass is 9.99. The van der Waals surface area contributed by atoms with Gasteiger partial charge in [-0.15, -0.1) is 0 Å². The molecule has 2 aromatic rings. The van der Waals surface area contributed by atoms with Gasteiger partial charge in [0, 0.05) is 20.0 Å². The van der Waals surface area contributed by atoms with Crippen molar-refractivity contribution in [1.82, 2.24) is 0 Å². The smallest absolute Gasteiger partial charge is 0.0679 e. The molecule has 0 bridgehead atoms. The van der Waals surface area contributed by atoms with E-state index in [2.05, 4.69) is 121 Å². The van der Waals surface area contributed by atoms with Crippen LogP contribution in [0.3, 0.4) is 0 Å². The van der Waals surface area contributed by atoms with Gasteiger partial charge in [0.1, 0.15) is 0 Å². The van der Waals surface area contributed by atoms with Gasteiger partial charge >= 0.3 is 0 Å². The third kappa shape index (κ3) is 3.38. The van der Waals surface area contributed by atoms with Gasteiger partial charge in [-0.1, -0.05) is 120 Å². The monoisotopic (exact) mass is 528 g/mol. The summed E-state index contributed by atoms with van der Waals surface area (Å²) in [4.78, 5) is 0. The Labute approximate surface area is 193 Å². The number of rotatable bonds is 4. The lowest BCUT2D eigenvalue weighted by Gasteiger charge is -2.41. The van der Waals surface area contributed by atoms with Crippen molar-refractivity contribution < 1.29 is 0 Å². The molecule has 2 aliphatic carbocycles. The Morgan fingerprint density at radius 1 is 0.690 bits per heavy atom. The highest BCUT2D eigenvalue weighted by Gasteiger charge is 2.49. The van der Waals surface area contributed by atoms with Crippen molar-refractivity contribution in [2.24, 2.45) is 11.8 Å². The van der Waals surface area contributed by atoms with E-state index in [0.717, 1.165) is 0 Å². The molecular formula is C26H30Br2Si. The maximum atomic E-state index is 3.83. The van der Waals surface area contributed by atoms with Gasteiger partial charge in [-0.25, -0.2) is 0 Å². The molecule has 2 atom stereocenters. The van der Waals surface area contributed by atoms with Crippen molar-refractivity contribution in [3.63, 3.8) is 0 Å². The molecule has 0 aliphatic heterocycles. The molecule has 0 spiro atoms. The standard InChI is InChI=1S/C26H30Br2Si/c1-15(2)19-13-21-17(9-7-11-23(21)27)25(19)29(5,6)26-18-10-8-12-24(28)22(18)14-20(26)16(3)4/h7-16,25-26H,1-6H3. The minimum atomic E-state index is -1.82. The van der Waals surface area contributed by atoms with Gasteiger partial charge in [0.2, 0.25) is 0 Å². The molecule has 4 rings (SSSR count). The van der Waals surface area contributed by atoms with Crippen LogP contribution in [0.5, 0.6) is 0 Å². The van der Waals surface area contributed by atoms with Crippen LogP contribution in [0.2, 0.25) is 13.1 Å². The molecule has 2 unspecified atom stereocenters. The average Bonchev–Trinajstić information content (AvgIpc) is 3.23. The van der Waals surface area contributed by atoms with Crippen LogP contribution in [0.1, 0.15) is 61.0 Å². The van der Waals surface area contributed by atoms with E-state index < -0.39 is 8.07 Å². The van der Waals surface area contributed by atoms with Gasteiger partial charge in [-0.3, -0.25) is 0 Å². The van der Waals surface area contributed by atoms with E-state index in [0.29, 0.717) is 22.9 Å². The van der Waals surface area contributed by atoms with E-state index >= 15 is 0 Å². The molecule has 0 aromatic heterocycles. The first-order valence-corrected chi connectivity index (χ1v) is 15.4. The molecule has 0 fully saturated rings. The van der Waals surface area contributed by atoms with Gasteiger partial charge in [-0.2, -0.15) is 0 Å². The summed E-state index contributed by atoms with van der Waals surface area (Å²) in [5, 5.41) is 0. The molecular weight excluding hydrogens is 500 g/mol. The Balaban J connectivity index is 1.91. The number of hydrogen-bond acceptors (Lipinski definition) is 0. The minimum Gasteiger partial charge on any atom is -0.0679 e. The molecule has 0 amide bonds. The fraction of sp³-hybridized carbons (Fsp3) is 0.385. The molecule has 0 N–H and O–H groups in total. The summed E-state index contributed by atoms with van der Waals surface area (Å²) >= 11 is 7.65. The second kappa shape index (κ2) is 7.66. The predicted molar refractivity (Wildman–Crippen MR) is 137 cm³/mol. The fourth-order valence-corrected chi connectivity index (χ4v) is 11.6. The maximum absolute atomic E-state index is 3.83. The Hall–Kier alpha value is -0.903. The van der Waals surface area contributed by atoms with Crippen molar-refractivity contribution in [3.8, 4) is 0 Å².